The highest BCUT2D eigenvalue weighted by molar-refractivity contribution is 5.94. The molecule has 0 atom stereocenters. The number of aromatic nitrogens is 5. The van der Waals surface area contributed by atoms with E-state index in [9.17, 15) is 4.79 Å². The molecule has 0 aliphatic rings. The summed E-state index contributed by atoms with van der Waals surface area (Å²) in [6.07, 6.45) is 4.53. The number of tetrazole rings is 1. The van der Waals surface area contributed by atoms with Crippen molar-refractivity contribution in [2.24, 2.45) is 0 Å². The van der Waals surface area contributed by atoms with Crippen molar-refractivity contribution < 1.29 is 4.79 Å². The van der Waals surface area contributed by atoms with E-state index in [1.807, 2.05) is 67.2 Å². The lowest BCUT2D eigenvalue weighted by molar-refractivity contribution is 0.0954. The summed E-state index contributed by atoms with van der Waals surface area (Å²) >= 11 is 0. The van der Waals surface area contributed by atoms with Crippen LogP contribution in [0.1, 0.15) is 36.1 Å². The summed E-state index contributed by atoms with van der Waals surface area (Å²) in [7, 11) is 0. The van der Waals surface area contributed by atoms with Crippen molar-refractivity contribution in [2.45, 2.75) is 26.3 Å². The number of hydrogen-bond acceptors (Lipinski definition) is 4. The molecule has 0 saturated carbocycles. The zero-order chi connectivity index (χ0) is 16.9. The molecule has 7 nitrogen and oxygen atoms in total. The second kappa shape index (κ2) is 7.08. The summed E-state index contributed by atoms with van der Waals surface area (Å²) in [6.45, 7) is 4.53. The molecule has 1 N–H and O–H groups in total. The fraction of sp³-hybridized carbons (Fsp3) is 0.294. The van der Waals surface area contributed by atoms with E-state index in [0.29, 0.717) is 18.5 Å². The first kappa shape index (κ1) is 15.9. The molecule has 2 heterocycles. The van der Waals surface area contributed by atoms with Gasteiger partial charge in [-0.15, -0.1) is 5.10 Å². The van der Waals surface area contributed by atoms with Gasteiger partial charge in [0.15, 0.2) is 5.82 Å². The van der Waals surface area contributed by atoms with Gasteiger partial charge >= 0.3 is 0 Å². The Morgan fingerprint density at radius 2 is 1.88 bits per heavy atom. The standard InChI is InChI=1S/C17H20N6O/c1-13(2)23-16(19-20-21-23)9-10-18-17(24)14-5-7-15(8-6-14)22-11-3-4-12-22/h3-8,11-13H,9-10H2,1-2H3,(H,18,24). The lowest BCUT2D eigenvalue weighted by Gasteiger charge is -2.09. The third kappa shape index (κ3) is 3.51. The average molecular weight is 324 g/mol. The predicted octanol–water partition coefficient (Wildman–Crippen LogP) is 2.02. The monoisotopic (exact) mass is 324 g/mol. The van der Waals surface area contributed by atoms with Gasteiger partial charge in [0.05, 0.1) is 6.04 Å². The first-order chi connectivity index (χ1) is 11.6. The Kier molecular flexibility index (Phi) is 4.69. The maximum Gasteiger partial charge on any atom is 0.251 e. The third-order valence-electron chi connectivity index (χ3n) is 3.72. The minimum atomic E-state index is -0.0994. The van der Waals surface area contributed by atoms with E-state index in [-0.39, 0.29) is 11.9 Å². The number of carbonyl (C=O) groups excluding carboxylic acids is 1. The maximum absolute atomic E-state index is 12.2. The number of rotatable bonds is 6. The minimum absolute atomic E-state index is 0.0994. The van der Waals surface area contributed by atoms with Crippen LogP contribution in [0.25, 0.3) is 5.69 Å². The van der Waals surface area contributed by atoms with Crippen molar-refractivity contribution in [3.05, 3.63) is 60.2 Å². The fourth-order valence-electron chi connectivity index (χ4n) is 2.46. The van der Waals surface area contributed by atoms with Gasteiger partial charge in [0.2, 0.25) is 0 Å². The zero-order valence-corrected chi connectivity index (χ0v) is 13.8. The molecular formula is C17H20N6O. The van der Waals surface area contributed by atoms with Crippen molar-refractivity contribution in [1.82, 2.24) is 30.1 Å². The van der Waals surface area contributed by atoms with Gasteiger partial charge in [-0.1, -0.05) is 0 Å². The number of benzene rings is 1. The van der Waals surface area contributed by atoms with E-state index < -0.39 is 0 Å². The molecule has 0 spiro atoms. The molecule has 0 unspecified atom stereocenters. The van der Waals surface area contributed by atoms with Crippen LogP contribution in [0.15, 0.2) is 48.8 Å². The van der Waals surface area contributed by atoms with Crippen LogP contribution in [0.4, 0.5) is 0 Å². The summed E-state index contributed by atoms with van der Waals surface area (Å²) < 4.78 is 3.76. The van der Waals surface area contributed by atoms with Crippen molar-refractivity contribution >= 4 is 5.91 Å². The number of nitrogens with zero attached hydrogens (tertiary/aromatic N) is 5. The quantitative estimate of drug-likeness (QED) is 0.752. The van der Waals surface area contributed by atoms with Crippen LogP contribution in [0.5, 0.6) is 0 Å². The summed E-state index contributed by atoms with van der Waals surface area (Å²) in [4.78, 5) is 12.2. The molecule has 0 radical (unpaired) electrons. The lowest BCUT2D eigenvalue weighted by Crippen LogP contribution is -2.26. The van der Waals surface area contributed by atoms with Crippen LogP contribution >= 0.6 is 0 Å². The molecule has 1 aromatic carbocycles. The Morgan fingerprint density at radius 1 is 1.17 bits per heavy atom. The Hall–Kier alpha value is -2.96. The van der Waals surface area contributed by atoms with Gasteiger partial charge in [-0.25, -0.2) is 4.68 Å². The van der Waals surface area contributed by atoms with Crippen LogP contribution in [-0.4, -0.2) is 37.2 Å². The highest BCUT2D eigenvalue weighted by Gasteiger charge is 2.10. The molecule has 1 amide bonds. The Balaban J connectivity index is 1.56. The Labute approximate surface area is 140 Å². The maximum atomic E-state index is 12.2. The molecule has 0 bridgehead atoms. The summed E-state index contributed by atoms with van der Waals surface area (Å²) in [5.74, 6) is 0.672. The van der Waals surface area contributed by atoms with Crippen molar-refractivity contribution in [2.75, 3.05) is 6.54 Å². The van der Waals surface area contributed by atoms with Crippen molar-refractivity contribution in [3.63, 3.8) is 0 Å². The Bertz CT molecular complexity index is 789. The van der Waals surface area contributed by atoms with Crippen LogP contribution < -0.4 is 5.32 Å². The molecule has 124 valence electrons. The van der Waals surface area contributed by atoms with E-state index >= 15 is 0 Å². The van der Waals surface area contributed by atoms with E-state index in [0.717, 1.165) is 11.5 Å². The average Bonchev–Trinajstić information content (AvgIpc) is 3.26. The van der Waals surface area contributed by atoms with Gasteiger partial charge in [-0.05, 0) is 60.7 Å². The second-order valence-corrected chi connectivity index (χ2v) is 5.78. The number of nitrogens with one attached hydrogen (secondary N) is 1. The first-order valence-electron chi connectivity index (χ1n) is 7.93. The van der Waals surface area contributed by atoms with Gasteiger partial charge in [0.1, 0.15) is 0 Å². The predicted molar refractivity (Wildman–Crippen MR) is 90.0 cm³/mol. The fourth-order valence-corrected chi connectivity index (χ4v) is 2.46. The SMILES string of the molecule is CC(C)n1nnnc1CCNC(=O)c1ccc(-n2cccc2)cc1. The van der Waals surface area contributed by atoms with Gasteiger partial charge in [0.25, 0.3) is 5.91 Å². The third-order valence-corrected chi connectivity index (χ3v) is 3.72. The molecule has 0 aliphatic carbocycles. The smallest absolute Gasteiger partial charge is 0.251 e. The summed E-state index contributed by atoms with van der Waals surface area (Å²) in [6, 6.07) is 11.6. The van der Waals surface area contributed by atoms with E-state index in [2.05, 4.69) is 20.8 Å². The summed E-state index contributed by atoms with van der Waals surface area (Å²) in [5.41, 5.74) is 1.65. The summed E-state index contributed by atoms with van der Waals surface area (Å²) in [5, 5.41) is 14.5. The van der Waals surface area contributed by atoms with Gasteiger partial charge in [-0.2, -0.15) is 0 Å². The topological polar surface area (TPSA) is 77.6 Å². The zero-order valence-electron chi connectivity index (χ0n) is 13.8. The largest absolute Gasteiger partial charge is 0.352 e. The van der Waals surface area contributed by atoms with E-state index in [1.165, 1.54) is 0 Å². The van der Waals surface area contributed by atoms with Crippen molar-refractivity contribution in [1.29, 1.82) is 0 Å². The highest BCUT2D eigenvalue weighted by Crippen LogP contribution is 2.10. The van der Waals surface area contributed by atoms with Crippen LogP contribution in [-0.2, 0) is 6.42 Å². The second-order valence-electron chi connectivity index (χ2n) is 5.78. The molecule has 7 heteroatoms. The van der Waals surface area contributed by atoms with E-state index in [4.69, 9.17) is 0 Å². The number of carbonyl (C=O) groups is 1. The minimum Gasteiger partial charge on any atom is -0.352 e. The van der Waals surface area contributed by atoms with Crippen molar-refractivity contribution in [3.8, 4) is 5.69 Å². The van der Waals surface area contributed by atoms with Gasteiger partial charge < -0.3 is 9.88 Å². The molecule has 3 rings (SSSR count). The molecule has 0 saturated heterocycles. The van der Waals surface area contributed by atoms with Crippen LogP contribution in [0, 0.1) is 0 Å². The van der Waals surface area contributed by atoms with Gasteiger partial charge in [-0.3, -0.25) is 4.79 Å². The van der Waals surface area contributed by atoms with Crippen LogP contribution in [0.3, 0.4) is 0 Å². The molecule has 0 aliphatic heterocycles. The number of hydrogen-bond donors (Lipinski definition) is 1. The molecule has 2 aromatic heterocycles. The lowest BCUT2D eigenvalue weighted by atomic mass is 10.2. The Morgan fingerprint density at radius 3 is 2.54 bits per heavy atom. The van der Waals surface area contributed by atoms with Gasteiger partial charge in [0, 0.05) is 36.6 Å². The molecule has 0 fully saturated rings. The van der Waals surface area contributed by atoms with Crippen LogP contribution in [0.2, 0.25) is 0 Å². The normalized spacial score (nSPS) is 11.0. The first-order valence-corrected chi connectivity index (χ1v) is 7.93. The number of amides is 1. The van der Waals surface area contributed by atoms with E-state index in [1.54, 1.807) is 4.68 Å². The molecular weight excluding hydrogens is 304 g/mol. The molecule has 24 heavy (non-hydrogen) atoms. The highest BCUT2D eigenvalue weighted by atomic mass is 16.1. The molecule has 3 aromatic rings.